The molecule has 0 saturated carbocycles. The van der Waals surface area contributed by atoms with Crippen LogP contribution in [0.5, 0.6) is 0 Å². The maximum absolute atomic E-state index is 12.9. The van der Waals surface area contributed by atoms with Crippen LogP contribution >= 0.6 is 22.6 Å². The van der Waals surface area contributed by atoms with Gasteiger partial charge in [0.1, 0.15) is 6.61 Å². The van der Waals surface area contributed by atoms with Gasteiger partial charge in [-0.3, -0.25) is 0 Å². The minimum Gasteiger partial charge on any atom is -0.444 e. The van der Waals surface area contributed by atoms with Crippen LogP contribution in [0.25, 0.3) is 0 Å². The third-order valence-electron chi connectivity index (χ3n) is 3.77. The number of nitrogens with zero attached hydrogens (tertiary/aromatic N) is 1. The standard InChI is InChI=1S/C21H18INO2/c1-16-11-13-18(14-12-16)23(20-10-6-5-9-19(20)22)21(24)25-15-17-7-3-2-4-8-17/h2-14H,15H2,1H3. The molecule has 25 heavy (non-hydrogen) atoms. The first kappa shape index (κ1) is 17.5. The second kappa shape index (κ2) is 8.16. The molecule has 0 heterocycles. The van der Waals surface area contributed by atoms with Crippen LogP contribution in [0.3, 0.4) is 0 Å². The van der Waals surface area contributed by atoms with Crippen molar-refractivity contribution < 1.29 is 9.53 Å². The summed E-state index contributed by atoms with van der Waals surface area (Å²) in [6, 6.07) is 25.3. The van der Waals surface area contributed by atoms with Gasteiger partial charge in [-0.1, -0.05) is 60.2 Å². The largest absolute Gasteiger partial charge is 0.444 e. The Morgan fingerprint density at radius 2 is 1.56 bits per heavy atom. The summed E-state index contributed by atoms with van der Waals surface area (Å²) in [4.78, 5) is 14.5. The average Bonchev–Trinajstić information content (AvgIpc) is 2.64. The van der Waals surface area contributed by atoms with Crippen molar-refractivity contribution in [2.45, 2.75) is 13.5 Å². The summed E-state index contributed by atoms with van der Waals surface area (Å²) in [6.45, 7) is 2.26. The Labute approximate surface area is 161 Å². The molecule has 0 bridgehead atoms. The number of carbonyl (C=O) groups excluding carboxylic acids is 1. The number of anilines is 2. The van der Waals surface area contributed by atoms with Crippen LogP contribution in [0.15, 0.2) is 78.9 Å². The van der Waals surface area contributed by atoms with Crippen molar-refractivity contribution in [2.75, 3.05) is 4.90 Å². The molecule has 0 aliphatic rings. The van der Waals surface area contributed by atoms with Crippen molar-refractivity contribution in [3.8, 4) is 0 Å². The lowest BCUT2D eigenvalue weighted by molar-refractivity contribution is 0.150. The molecule has 0 aliphatic heterocycles. The maximum Gasteiger partial charge on any atom is 0.419 e. The number of ether oxygens (including phenoxy) is 1. The molecule has 0 spiro atoms. The highest BCUT2D eigenvalue weighted by atomic mass is 127. The molecule has 3 rings (SSSR count). The summed E-state index contributed by atoms with van der Waals surface area (Å²) in [5.41, 5.74) is 3.70. The third-order valence-corrected chi connectivity index (χ3v) is 4.69. The van der Waals surface area contributed by atoms with Crippen LogP contribution in [-0.4, -0.2) is 6.09 Å². The molecule has 0 atom stereocenters. The lowest BCUT2D eigenvalue weighted by Crippen LogP contribution is -2.27. The number of aryl methyl sites for hydroxylation is 1. The van der Waals surface area contributed by atoms with Crippen LogP contribution in [0.2, 0.25) is 0 Å². The number of para-hydroxylation sites is 1. The molecule has 3 nitrogen and oxygen atoms in total. The molecule has 0 saturated heterocycles. The van der Waals surface area contributed by atoms with Gasteiger partial charge in [0.25, 0.3) is 0 Å². The average molecular weight is 443 g/mol. The van der Waals surface area contributed by atoms with Crippen molar-refractivity contribution in [3.63, 3.8) is 0 Å². The van der Waals surface area contributed by atoms with E-state index in [1.54, 1.807) is 4.90 Å². The predicted octanol–water partition coefficient (Wildman–Crippen LogP) is 6.07. The second-order valence-electron chi connectivity index (χ2n) is 5.66. The molecule has 126 valence electrons. The Morgan fingerprint density at radius 1 is 0.920 bits per heavy atom. The number of halogens is 1. The van der Waals surface area contributed by atoms with E-state index in [0.717, 1.165) is 26.1 Å². The Bertz CT molecular complexity index is 847. The number of hydrogen-bond donors (Lipinski definition) is 0. The first-order chi connectivity index (χ1) is 12.1. The number of carbonyl (C=O) groups is 1. The lowest BCUT2D eigenvalue weighted by atomic mass is 10.2. The van der Waals surface area contributed by atoms with Crippen LogP contribution in [-0.2, 0) is 11.3 Å². The normalized spacial score (nSPS) is 10.3. The maximum atomic E-state index is 12.9. The topological polar surface area (TPSA) is 29.5 Å². The first-order valence-electron chi connectivity index (χ1n) is 7.97. The van der Waals surface area contributed by atoms with E-state index in [0.29, 0.717) is 0 Å². The molecule has 0 fully saturated rings. The van der Waals surface area contributed by atoms with E-state index in [9.17, 15) is 4.79 Å². The minimum absolute atomic E-state index is 0.242. The SMILES string of the molecule is Cc1ccc(N(C(=O)OCc2ccccc2)c2ccccc2I)cc1. The van der Waals surface area contributed by atoms with Crippen molar-refractivity contribution in [3.05, 3.63) is 93.6 Å². The highest BCUT2D eigenvalue weighted by Crippen LogP contribution is 2.30. The number of rotatable bonds is 4. The summed E-state index contributed by atoms with van der Waals surface area (Å²) in [7, 11) is 0. The fraction of sp³-hybridized carbons (Fsp3) is 0.0952. The molecular weight excluding hydrogens is 425 g/mol. The van der Waals surface area contributed by atoms with Gasteiger partial charge in [0.2, 0.25) is 0 Å². The molecule has 0 radical (unpaired) electrons. The van der Waals surface area contributed by atoms with Crippen molar-refractivity contribution >= 4 is 40.1 Å². The highest BCUT2D eigenvalue weighted by molar-refractivity contribution is 14.1. The number of hydrogen-bond acceptors (Lipinski definition) is 2. The van der Waals surface area contributed by atoms with E-state index >= 15 is 0 Å². The third kappa shape index (κ3) is 4.39. The molecule has 0 aliphatic carbocycles. The Morgan fingerprint density at radius 3 is 2.24 bits per heavy atom. The van der Waals surface area contributed by atoms with Gasteiger partial charge in [0, 0.05) is 3.57 Å². The van der Waals surface area contributed by atoms with E-state index in [4.69, 9.17) is 4.74 Å². The Balaban J connectivity index is 1.89. The van der Waals surface area contributed by atoms with Gasteiger partial charge in [0.15, 0.2) is 0 Å². The van der Waals surface area contributed by atoms with Gasteiger partial charge in [-0.25, -0.2) is 9.69 Å². The zero-order valence-corrected chi connectivity index (χ0v) is 16.0. The van der Waals surface area contributed by atoms with Crippen molar-refractivity contribution in [1.29, 1.82) is 0 Å². The second-order valence-corrected chi connectivity index (χ2v) is 6.82. The Hall–Kier alpha value is -2.34. The number of amides is 1. The summed E-state index contributed by atoms with van der Waals surface area (Å²) >= 11 is 2.23. The molecule has 0 unspecified atom stereocenters. The van der Waals surface area contributed by atoms with Crippen LogP contribution < -0.4 is 4.90 Å². The van der Waals surface area contributed by atoms with E-state index in [1.165, 1.54) is 0 Å². The molecule has 0 N–H and O–H groups in total. The monoisotopic (exact) mass is 443 g/mol. The fourth-order valence-corrected chi connectivity index (χ4v) is 3.08. The predicted molar refractivity (Wildman–Crippen MR) is 109 cm³/mol. The van der Waals surface area contributed by atoms with E-state index in [2.05, 4.69) is 22.6 Å². The zero-order chi connectivity index (χ0) is 17.6. The lowest BCUT2D eigenvalue weighted by Gasteiger charge is -2.23. The minimum atomic E-state index is -0.392. The van der Waals surface area contributed by atoms with Gasteiger partial charge in [-0.2, -0.15) is 0 Å². The molecule has 0 aromatic heterocycles. The molecule has 3 aromatic carbocycles. The van der Waals surface area contributed by atoms with Gasteiger partial charge >= 0.3 is 6.09 Å². The molecule has 4 heteroatoms. The van der Waals surface area contributed by atoms with Crippen LogP contribution in [0.4, 0.5) is 16.2 Å². The van der Waals surface area contributed by atoms with Crippen molar-refractivity contribution in [1.82, 2.24) is 0 Å². The van der Waals surface area contributed by atoms with Gasteiger partial charge < -0.3 is 4.74 Å². The smallest absolute Gasteiger partial charge is 0.419 e. The zero-order valence-electron chi connectivity index (χ0n) is 13.9. The van der Waals surface area contributed by atoms with Crippen molar-refractivity contribution in [2.24, 2.45) is 0 Å². The summed E-state index contributed by atoms with van der Waals surface area (Å²) < 4.78 is 6.55. The molecular formula is C21H18INO2. The van der Waals surface area contributed by atoms with Crippen LogP contribution in [0, 0.1) is 10.5 Å². The number of benzene rings is 3. The van der Waals surface area contributed by atoms with Gasteiger partial charge in [0.05, 0.1) is 11.4 Å². The van der Waals surface area contributed by atoms with E-state index in [-0.39, 0.29) is 6.61 Å². The Kier molecular flexibility index (Phi) is 5.71. The first-order valence-corrected chi connectivity index (χ1v) is 9.05. The van der Waals surface area contributed by atoms with Gasteiger partial charge in [-0.05, 0) is 59.3 Å². The highest BCUT2D eigenvalue weighted by Gasteiger charge is 2.21. The van der Waals surface area contributed by atoms with Crippen LogP contribution in [0.1, 0.15) is 11.1 Å². The summed E-state index contributed by atoms with van der Waals surface area (Å²) in [5, 5.41) is 0. The van der Waals surface area contributed by atoms with Gasteiger partial charge in [-0.15, -0.1) is 0 Å². The van der Waals surface area contributed by atoms with E-state index in [1.807, 2.05) is 85.8 Å². The quantitative estimate of drug-likeness (QED) is 0.458. The summed E-state index contributed by atoms with van der Waals surface area (Å²) in [5.74, 6) is 0. The molecule has 3 aromatic rings. The summed E-state index contributed by atoms with van der Waals surface area (Å²) in [6.07, 6.45) is -0.392. The fourth-order valence-electron chi connectivity index (χ4n) is 2.45. The molecule has 1 amide bonds. The van der Waals surface area contributed by atoms with E-state index < -0.39 is 6.09 Å².